The minimum absolute atomic E-state index is 0.00799. The van der Waals surface area contributed by atoms with E-state index >= 15 is 0 Å². The number of amides is 2. The highest BCUT2D eigenvalue weighted by atomic mass is 32.1. The highest BCUT2D eigenvalue weighted by Crippen LogP contribution is 2.28. The first-order valence-electron chi connectivity index (χ1n) is 9.89. The van der Waals surface area contributed by atoms with E-state index in [1.807, 2.05) is 0 Å². The molecule has 11 nitrogen and oxygen atoms in total. The highest BCUT2D eigenvalue weighted by molar-refractivity contribution is 7.18. The van der Waals surface area contributed by atoms with Crippen LogP contribution in [-0.4, -0.2) is 39.5 Å². The molecule has 0 aliphatic carbocycles. The lowest BCUT2D eigenvalue weighted by Gasteiger charge is -2.30. The molecule has 33 heavy (non-hydrogen) atoms. The van der Waals surface area contributed by atoms with Crippen molar-refractivity contribution < 1.29 is 28.8 Å². The second kappa shape index (κ2) is 9.94. The molecule has 2 rings (SSSR count). The summed E-state index contributed by atoms with van der Waals surface area (Å²) in [5.41, 5.74) is -1.48. The van der Waals surface area contributed by atoms with E-state index in [1.54, 1.807) is 53.7 Å². The Morgan fingerprint density at radius 1 is 1.12 bits per heavy atom. The minimum atomic E-state index is -1.08. The van der Waals surface area contributed by atoms with Crippen molar-refractivity contribution in [3.05, 3.63) is 46.1 Å². The molecule has 178 valence electrons. The van der Waals surface area contributed by atoms with Crippen LogP contribution in [0.5, 0.6) is 5.75 Å². The number of alkyl carbamates (subject to hydrolysis) is 1. The van der Waals surface area contributed by atoms with Crippen LogP contribution in [0.15, 0.2) is 30.5 Å². The zero-order chi connectivity index (χ0) is 25.0. The first-order chi connectivity index (χ1) is 15.2. The van der Waals surface area contributed by atoms with Crippen molar-refractivity contribution in [3.63, 3.8) is 0 Å². The fraction of sp³-hybridized carbons (Fsp3) is 0.429. The van der Waals surface area contributed by atoms with Gasteiger partial charge in [-0.1, -0.05) is 32.9 Å². The standard InChI is InChI=1S/C21H26N4O7S/c1-20(2,3)15(23-19(28)32-21(4,5)6)17(27)31-13-10-8-7-9-12(13)16(26)24-18-22-11-14(33-18)25(29)30/h7-11,15H,1-6H3,(H,23,28)(H,22,24,26)/t15-/m1/s1. The summed E-state index contributed by atoms with van der Waals surface area (Å²) < 4.78 is 10.7. The van der Waals surface area contributed by atoms with Crippen LogP contribution in [0.4, 0.5) is 14.9 Å². The Labute approximate surface area is 194 Å². The summed E-state index contributed by atoms with van der Waals surface area (Å²) in [5.74, 6) is -1.51. The molecule has 0 spiro atoms. The van der Waals surface area contributed by atoms with E-state index in [9.17, 15) is 24.5 Å². The summed E-state index contributed by atoms with van der Waals surface area (Å²) in [7, 11) is 0. The average Bonchev–Trinajstić information content (AvgIpc) is 3.13. The lowest BCUT2D eigenvalue weighted by Crippen LogP contribution is -2.52. The lowest BCUT2D eigenvalue weighted by molar-refractivity contribution is -0.380. The molecule has 2 amide bonds. The van der Waals surface area contributed by atoms with Crippen LogP contribution in [0.25, 0.3) is 0 Å². The van der Waals surface area contributed by atoms with E-state index < -0.39 is 40.0 Å². The van der Waals surface area contributed by atoms with Gasteiger partial charge >= 0.3 is 17.1 Å². The van der Waals surface area contributed by atoms with Crippen molar-refractivity contribution in [2.45, 2.75) is 53.2 Å². The summed E-state index contributed by atoms with van der Waals surface area (Å²) in [6.07, 6.45) is 0.249. The summed E-state index contributed by atoms with van der Waals surface area (Å²) in [5, 5.41) is 15.6. The van der Waals surface area contributed by atoms with E-state index in [0.717, 1.165) is 6.20 Å². The smallest absolute Gasteiger partial charge is 0.408 e. The number of anilines is 1. The number of hydrogen-bond acceptors (Lipinski definition) is 9. The quantitative estimate of drug-likeness (QED) is 0.272. The summed E-state index contributed by atoms with van der Waals surface area (Å²) in [6, 6.07) is 4.90. The largest absolute Gasteiger partial charge is 0.444 e. The van der Waals surface area contributed by atoms with Gasteiger partial charge in [0.15, 0.2) is 5.13 Å². The van der Waals surface area contributed by atoms with Crippen molar-refractivity contribution in [2.75, 3.05) is 5.32 Å². The van der Waals surface area contributed by atoms with Gasteiger partial charge < -0.3 is 14.8 Å². The molecule has 2 aromatic rings. The first kappa shape index (κ1) is 25.7. The van der Waals surface area contributed by atoms with E-state index in [-0.39, 0.29) is 21.4 Å². The number of nitrogens with zero attached hydrogens (tertiary/aromatic N) is 2. The molecular formula is C21H26N4O7S. The zero-order valence-corrected chi connectivity index (χ0v) is 19.9. The summed E-state index contributed by atoms with van der Waals surface area (Å²) in [4.78, 5) is 51.9. The van der Waals surface area contributed by atoms with Crippen molar-refractivity contribution in [1.82, 2.24) is 10.3 Å². The highest BCUT2D eigenvalue weighted by Gasteiger charge is 2.36. The fourth-order valence-corrected chi connectivity index (χ4v) is 3.16. The average molecular weight is 479 g/mol. The molecule has 0 saturated carbocycles. The second-order valence-electron chi connectivity index (χ2n) is 9.08. The number of aromatic nitrogens is 1. The predicted octanol–water partition coefficient (Wildman–Crippen LogP) is 4.15. The molecular weight excluding hydrogens is 452 g/mol. The normalized spacial score (nSPS) is 12.4. The third-order valence-corrected chi connectivity index (χ3v) is 4.86. The Morgan fingerprint density at radius 3 is 2.30 bits per heavy atom. The molecule has 0 aliphatic heterocycles. The van der Waals surface area contributed by atoms with Gasteiger partial charge in [-0.15, -0.1) is 0 Å². The Morgan fingerprint density at radius 2 is 1.76 bits per heavy atom. The molecule has 0 radical (unpaired) electrons. The molecule has 0 saturated heterocycles. The van der Waals surface area contributed by atoms with Crippen LogP contribution >= 0.6 is 11.3 Å². The summed E-state index contributed by atoms with van der Waals surface area (Å²) >= 11 is 0.692. The number of ether oxygens (including phenoxy) is 2. The van der Waals surface area contributed by atoms with E-state index in [2.05, 4.69) is 15.6 Å². The second-order valence-corrected chi connectivity index (χ2v) is 10.1. The SMILES string of the molecule is CC(C)(C)OC(=O)N[C@H](C(=O)Oc1ccccc1C(=O)Nc1ncc([N+](=O)[O-])s1)C(C)(C)C. The molecule has 0 bridgehead atoms. The predicted molar refractivity (Wildman–Crippen MR) is 121 cm³/mol. The molecule has 1 heterocycles. The molecule has 1 aromatic heterocycles. The third-order valence-electron chi connectivity index (χ3n) is 4.00. The van der Waals surface area contributed by atoms with Gasteiger partial charge in [0.25, 0.3) is 5.91 Å². The Bertz CT molecular complexity index is 1050. The zero-order valence-electron chi connectivity index (χ0n) is 19.1. The maximum atomic E-state index is 13.0. The van der Waals surface area contributed by atoms with Crippen molar-refractivity contribution in [3.8, 4) is 5.75 Å². The van der Waals surface area contributed by atoms with Gasteiger partial charge in [-0.25, -0.2) is 14.6 Å². The number of thiazole rings is 1. The number of carbonyl (C=O) groups is 3. The molecule has 0 unspecified atom stereocenters. The Kier molecular flexibility index (Phi) is 7.75. The van der Waals surface area contributed by atoms with Gasteiger partial charge in [0, 0.05) is 0 Å². The van der Waals surface area contributed by atoms with Crippen LogP contribution in [0.2, 0.25) is 0 Å². The number of nitro groups is 1. The lowest BCUT2D eigenvalue weighted by atomic mass is 9.87. The molecule has 0 aliphatic rings. The van der Waals surface area contributed by atoms with Crippen molar-refractivity contribution >= 4 is 39.4 Å². The number of rotatable bonds is 6. The van der Waals surface area contributed by atoms with Crippen LogP contribution in [0.3, 0.4) is 0 Å². The molecule has 1 aromatic carbocycles. The van der Waals surface area contributed by atoms with Crippen LogP contribution < -0.4 is 15.4 Å². The monoisotopic (exact) mass is 478 g/mol. The molecule has 12 heteroatoms. The topological polar surface area (TPSA) is 150 Å². The number of carbonyl (C=O) groups excluding carboxylic acids is 3. The number of hydrogen-bond donors (Lipinski definition) is 2. The number of nitrogens with one attached hydrogen (secondary N) is 2. The van der Waals surface area contributed by atoms with Crippen molar-refractivity contribution in [1.29, 1.82) is 0 Å². The first-order valence-corrected chi connectivity index (χ1v) is 10.7. The van der Waals surface area contributed by atoms with Crippen LogP contribution in [0.1, 0.15) is 51.9 Å². The Hall–Kier alpha value is -3.54. The number of benzene rings is 1. The van der Waals surface area contributed by atoms with Gasteiger partial charge in [0.05, 0.1) is 10.5 Å². The molecule has 0 fully saturated rings. The van der Waals surface area contributed by atoms with Gasteiger partial charge in [0.2, 0.25) is 0 Å². The third kappa shape index (κ3) is 7.52. The van der Waals surface area contributed by atoms with Gasteiger partial charge in [-0.05, 0) is 49.7 Å². The van der Waals surface area contributed by atoms with Crippen LogP contribution in [-0.2, 0) is 9.53 Å². The van der Waals surface area contributed by atoms with Gasteiger partial charge in [-0.2, -0.15) is 0 Å². The van der Waals surface area contributed by atoms with Gasteiger partial charge in [-0.3, -0.25) is 20.2 Å². The number of esters is 1. The molecule has 2 N–H and O–H groups in total. The van der Waals surface area contributed by atoms with E-state index in [0.29, 0.717) is 11.3 Å². The van der Waals surface area contributed by atoms with E-state index in [1.165, 1.54) is 12.1 Å². The number of para-hydroxylation sites is 1. The fourth-order valence-electron chi connectivity index (χ4n) is 2.54. The van der Waals surface area contributed by atoms with Gasteiger partial charge in [0.1, 0.15) is 23.6 Å². The summed E-state index contributed by atoms with van der Waals surface area (Å²) in [6.45, 7) is 10.3. The maximum absolute atomic E-state index is 13.0. The Balaban J connectivity index is 2.21. The van der Waals surface area contributed by atoms with E-state index in [4.69, 9.17) is 9.47 Å². The molecule has 1 atom stereocenters. The van der Waals surface area contributed by atoms with Crippen molar-refractivity contribution in [2.24, 2.45) is 5.41 Å². The minimum Gasteiger partial charge on any atom is -0.444 e. The van der Waals surface area contributed by atoms with Crippen LogP contribution in [0, 0.1) is 15.5 Å². The maximum Gasteiger partial charge on any atom is 0.408 e.